The van der Waals surface area contributed by atoms with Crippen molar-refractivity contribution in [1.82, 2.24) is 35.4 Å². The summed E-state index contributed by atoms with van der Waals surface area (Å²) in [6.45, 7) is 4.18. The molecule has 8 nitrogen and oxygen atoms in total. The molecule has 2 aromatic heterocycles. The molecule has 0 saturated heterocycles. The maximum atomic E-state index is 4.60. The summed E-state index contributed by atoms with van der Waals surface area (Å²) >= 11 is 0. The molecule has 0 spiro atoms. The molecule has 3 aromatic rings. The zero-order valence-corrected chi connectivity index (χ0v) is 14.7. The highest BCUT2D eigenvalue weighted by atomic mass is 15.3. The summed E-state index contributed by atoms with van der Waals surface area (Å²) in [5, 5.41) is 10.6. The van der Waals surface area contributed by atoms with Gasteiger partial charge in [-0.05, 0) is 25.5 Å². The lowest BCUT2D eigenvalue weighted by Gasteiger charge is -2.10. The summed E-state index contributed by atoms with van der Waals surface area (Å²) in [6.07, 6.45) is 3.40. The zero-order valence-electron chi connectivity index (χ0n) is 14.7. The lowest BCUT2D eigenvalue weighted by atomic mass is 10.3. The molecule has 0 unspecified atom stereocenters. The van der Waals surface area contributed by atoms with Crippen molar-refractivity contribution in [3.63, 3.8) is 0 Å². The van der Waals surface area contributed by atoms with Gasteiger partial charge in [0.2, 0.25) is 0 Å². The number of aromatic nitrogens is 5. The van der Waals surface area contributed by atoms with E-state index in [9.17, 15) is 0 Å². The van der Waals surface area contributed by atoms with E-state index in [1.807, 2.05) is 38.2 Å². The number of nitrogens with one attached hydrogen (secondary N) is 3. The third-order valence-electron chi connectivity index (χ3n) is 3.85. The number of aryl methyl sites for hydroxylation is 2. The third kappa shape index (κ3) is 4.56. The molecule has 0 fully saturated rings. The van der Waals surface area contributed by atoms with Crippen LogP contribution in [0.25, 0.3) is 11.0 Å². The molecule has 1 aromatic carbocycles. The van der Waals surface area contributed by atoms with Gasteiger partial charge in [0.05, 0.1) is 11.0 Å². The molecule has 0 saturated carbocycles. The van der Waals surface area contributed by atoms with Gasteiger partial charge in [-0.1, -0.05) is 12.1 Å². The summed E-state index contributed by atoms with van der Waals surface area (Å²) in [5.41, 5.74) is 2.10. The molecule has 3 rings (SSSR count). The number of benzene rings is 1. The minimum absolute atomic E-state index is 0.495. The quantitative estimate of drug-likeness (QED) is 0.343. The number of hydrogen-bond donors (Lipinski definition) is 3. The number of aliphatic imine (C=N–C) groups is 1. The van der Waals surface area contributed by atoms with E-state index in [4.69, 9.17) is 0 Å². The van der Waals surface area contributed by atoms with Crippen molar-refractivity contribution in [2.24, 2.45) is 12.0 Å². The van der Waals surface area contributed by atoms with E-state index in [1.54, 1.807) is 11.0 Å². The van der Waals surface area contributed by atoms with Crippen LogP contribution in [-0.2, 0) is 20.0 Å². The number of rotatable bonds is 7. The van der Waals surface area contributed by atoms with Crippen molar-refractivity contribution in [2.45, 2.75) is 26.3 Å². The SMILES string of the molecule is CCNC(=NCc1ncnn1C)NCCCc1nc2ccccc2[nH]1. The summed E-state index contributed by atoms with van der Waals surface area (Å²) < 4.78 is 1.73. The number of guanidine groups is 1. The lowest BCUT2D eigenvalue weighted by Crippen LogP contribution is -2.38. The van der Waals surface area contributed by atoms with Crippen LogP contribution < -0.4 is 10.6 Å². The molecule has 0 aliphatic rings. The Hall–Kier alpha value is -2.90. The van der Waals surface area contributed by atoms with Gasteiger partial charge < -0.3 is 15.6 Å². The Balaban J connectivity index is 1.48. The number of H-pyrrole nitrogens is 1. The summed E-state index contributed by atoms with van der Waals surface area (Å²) in [5.74, 6) is 2.64. The third-order valence-corrected chi connectivity index (χ3v) is 3.85. The van der Waals surface area contributed by atoms with Crippen molar-refractivity contribution in [2.75, 3.05) is 13.1 Å². The Kier molecular flexibility index (Phi) is 5.61. The average Bonchev–Trinajstić information content (AvgIpc) is 3.21. The topological polar surface area (TPSA) is 95.8 Å². The number of aromatic amines is 1. The van der Waals surface area contributed by atoms with Gasteiger partial charge in [0, 0.05) is 26.6 Å². The van der Waals surface area contributed by atoms with Crippen molar-refractivity contribution in [3.05, 3.63) is 42.2 Å². The van der Waals surface area contributed by atoms with Gasteiger partial charge in [-0.2, -0.15) is 5.10 Å². The Labute approximate surface area is 146 Å². The van der Waals surface area contributed by atoms with E-state index in [-0.39, 0.29) is 0 Å². The van der Waals surface area contributed by atoms with Crippen LogP contribution in [0.4, 0.5) is 0 Å². The van der Waals surface area contributed by atoms with Crippen molar-refractivity contribution >= 4 is 17.0 Å². The van der Waals surface area contributed by atoms with E-state index in [2.05, 4.69) is 35.7 Å². The largest absolute Gasteiger partial charge is 0.357 e. The number of fused-ring (bicyclic) bond motifs is 1. The first-order chi connectivity index (χ1) is 12.3. The maximum absolute atomic E-state index is 4.60. The van der Waals surface area contributed by atoms with Gasteiger partial charge >= 0.3 is 0 Å². The second-order valence-electron chi connectivity index (χ2n) is 5.73. The highest BCUT2D eigenvalue weighted by molar-refractivity contribution is 5.79. The van der Waals surface area contributed by atoms with Gasteiger partial charge in [0.15, 0.2) is 5.96 Å². The first-order valence-corrected chi connectivity index (χ1v) is 8.55. The van der Waals surface area contributed by atoms with Crippen molar-refractivity contribution in [1.29, 1.82) is 0 Å². The van der Waals surface area contributed by atoms with Crippen molar-refractivity contribution < 1.29 is 0 Å². The molecule has 0 bridgehead atoms. The zero-order chi connectivity index (χ0) is 17.5. The summed E-state index contributed by atoms with van der Waals surface area (Å²) in [7, 11) is 1.87. The number of hydrogen-bond acceptors (Lipinski definition) is 4. The minimum Gasteiger partial charge on any atom is -0.357 e. The Morgan fingerprint density at radius 2 is 2.16 bits per heavy atom. The summed E-state index contributed by atoms with van der Waals surface area (Å²) in [6, 6.07) is 8.09. The molecule has 0 aliphatic carbocycles. The first kappa shape index (κ1) is 16.9. The molecule has 132 valence electrons. The van der Waals surface area contributed by atoms with Crippen LogP contribution in [-0.4, -0.2) is 43.8 Å². The van der Waals surface area contributed by atoms with E-state index >= 15 is 0 Å². The standard InChI is InChI=1S/C17H24N8/c1-3-18-17(20-11-16-21-12-22-25(16)2)19-10-6-9-15-23-13-7-4-5-8-14(13)24-15/h4-5,7-8,12H,3,6,9-11H2,1-2H3,(H,23,24)(H2,18,19,20). The smallest absolute Gasteiger partial charge is 0.191 e. The molecule has 3 N–H and O–H groups in total. The second kappa shape index (κ2) is 8.27. The number of para-hydroxylation sites is 2. The minimum atomic E-state index is 0.495. The number of nitrogens with zero attached hydrogens (tertiary/aromatic N) is 5. The Bertz CT molecular complexity index is 799. The van der Waals surface area contributed by atoms with Crippen LogP contribution in [0.3, 0.4) is 0 Å². The first-order valence-electron chi connectivity index (χ1n) is 8.55. The average molecular weight is 340 g/mol. The van der Waals surface area contributed by atoms with E-state index in [0.717, 1.165) is 54.6 Å². The van der Waals surface area contributed by atoms with Crippen LogP contribution in [0.2, 0.25) is 0 Å². The molecular formula is C17H24N8. The van der Waals surface area contributed by atoms with Gasteiger partial charge in [-0.3, -0.25) is 4.68 Å². The van der Waals surface area contributed by atoms with Gasteiger partial charge in [-0.25, -0.2) is 15.0 Å². The number of imidazole rings is 1. The molecule has 0 amide bonds. The predicted octanol–water partition coefficient (Wildman–Crippen LogP) is 1.38. The highest BCUT2D eigenvalue weighted by Crippen LogP contribution is 2.11. The Morgan fingerprint density at radius 3 is 2.92 bits per heavy atom. The highest BCUT2D eigenvalue weighted by Gasteiger charge is 2.03. The second-order valence-corrected chi connectivity index (χ2v) is 5.73. The fourth-order valence-electron chi connectivity index (χ4n) is 2.54. The molecule has 0 aliphatic heterocycles. The summed E-state index contributed by atoms with van der Waals surface area (Å²) in [4.78, 5) is 16.7. The molecule has 0 atom stereocenters. The molecule has 2 heterocycles. The normalized spacial score (nSPS) is 11.8. The monoisotopic (exact) mass is 340 g/mol. The van der Waals surface area contributed by atoms with Crippen LogP contribution in [0.5, 0.6) is 0 Å². The molecule has 0 radical (unpaired) electrons. The van der Waals surface area contributed by atoms with Crippen LogP contribution in [0.1, 0.15) is 25.0 Å². The van der Waals surface area contributed by atoms with Crippen LogP contribution in [0, 0.1) is 0 Å². The Morgan fingerprint density at radius 1 is 1.28 bits per heavy atom. The van der Waals surface area contributed by atoms with Crippen LogP contribution in [0.15, 0.2) is 35.6 Å². The van der Waals surface area contributed by atoms with E-state index < -0.39 is 0 Å². The molecule has 8 heteroatoms. The lowest BCUT2D eigenvalue weighted by molar-refractivity contribution is 0.692. The van der Waals surface area contributed by atoms with Crippen molar-refractivity contribution in [3.8, 4) is 0 Å². The van der Waals surface area contributed by atoms with Gasteiger partial charge in [-0.15, -0.1) is 0 Å². The molecule has 25 heavy (non-hydrogen) atoms. The fourth-order valence-corrected chi connectivity index (χ4v) is 2.54. The maximum Gasteiger partial charge on any atom is 0.191 e. The molecular weight excluding hydrogens is 316 g/mol. The fraction of sp³-hybridized carbons (Fsp3) is 0.412. The van der Waals surface area contributed by atoms with Gasteiger partial charge in [0.1, 0.15) is 24.5 Å². The predicted molar refractivity (Wildman–Crippen MR) is 98.2 cm³/mol. The van der Waals surface area contributed by atoms with E-state index in [1.165, 1.54) is 0 Å². The van der Waals surface area contributed by atoms with E-state index in [0.29, 0.717) is 6.54 Å². The van der Waals surface area contributed by atoms with Gasteiger partial charge in [0.25, 0.3) is 0 Å². The van der Waals surface area contributed by atoms with Crippen LogP contribution >= 0.6 is 0 Å².